The third-order valence-corrected chi connectivity index (χ3v) is 7.26. The van der Waals surface area contributed by atoms with E-state index in [1.54, 1.807) is 31.2 Å². The molecule has 1 fully saturated rings. The molecule has 6 heteroatoms. The van der Waals surface area contributed by atoms with Crippen LogP contribution in [0.5, 0.6) is 0 Å². The van der Waals surface area contributed by atoms with E-state index in [-0.39, 0.29) is 11.8 Å². The largest absolute Gasteiger partial charge is 0.382 e. The summed E-state index contributed by atoms with van der Waals surface area (Å²) in [5.41, 5.74) is 1.77. The van der Waals surface area contributed by atoms with E-state index in [0.717, 1.165) is 47.7 Å². The lowest BCUT2D eigenvalue weighted by atomic mass is 9.91. The van der Waals surface area contributed by atoms with E-state index in [1.165, 1.54) is 0 Å². The fraction of sp³-hybridized carbons (Fsp3) is 0.292. The van der Waals surface area contributed by atoms with Gasteiger partial charge in [0.15, 0.2) is 5.78 Å². The number of nitrogens with one attached hydrogen (secondary N) is 2. The van der Waals surface area contributed by atoms with Crippen molar-refractivity contribution in [2.24, 2.45) is 0 Å². The van der Waals surface area contributed by atoms with Gasteiger partial charge in [-0.1, -0.05) is 36.4 Å². The highest BCUT2D eigenvalue weighted by molar-refractivity contribution is 7.89. The molecule has 30 heavy (non-hydrogen) atoms. The number of rotatable bonds is 6. The molecule has 3 aromatic carbocycles. The summed E-state index contributed by atoms with van der Waals surface area (Å²) in [6.07, 6.45) is 3.42. The molecule has 0 bridgehead atoms. The van der Waals surface area contributed by atoms with Crippen LogP contribution in [0.15, 0.2) is 71.6 Å². The molecule has 4 rings (SSSR count). The Morgan fingerprint density at radius 1 is 0.833 bits per heavy atom. The maximum Gasteiger partial charge on any atom is 0.240 e. The fourth-order valence-electron chi connectivity index (χ4n) is 4.03. The van der Waals surface area contributed by atoms with Crippen molar-refractivity contribution >= 4 is 32.3 Å². The summed E-state index contributed by atoms with van der Waals surface area (Å²) >= 11 is 0. The number of sulfonamides is 1. The maximum atomic E-state index is 12.5. The molecule has 5 nitrogen and oxygen atoms in total. The molecule has 0 saturated heterocycles. The van der Waals surface area contributed by atoms with Gasteiger partial charge < -0.3 is 5.32 Å². The highest BCUT2D eigenvalue weighted by Crippen LogP contribution is 2.26. The van der Waals surface area contributed by atoms with Crippen LogP contribution in [0.25, 0.3) is 10.8 Å². The Kier molecular flexibility index (Phi) is 5.88. The average molecular weight is 423 g/mol. The van der Waals surface area contributed by atoms with Gasteiger partial charge in [-0.2, -0.15) is 0 Å². The average Bonchev–Trinajstić information content (AvgIpc) is 2.75. The predicted octanol–water partition coefficient (Wildman–Crippen LogP) is 4.74. The Morgan fingerprint density at radius 2 is 1.47 bits per heavy atom. The summed E-state index contributed by atoms with van der Waals surface area (Å²) in [6, 6.07) is 20.7. The predicted molar refractivity (Wildman–Crippen MR) is 120 cm³/mol. The van der Waals surface area contributed by atoms with Gasteiger partial charge in [-0.25, -0.2) is 13.1 Å². The Labute approximate surface area is 177 Å². The minimum absolute atomic E-state index is 0.0325. The Hall–Kier alpha value is -2.70. The van der Waals surface area contributed by atoms with E-state index < -0.39 is 10.0 Å². The van der Waals surface area contributed by atoms with Crippen molar-refractivity contribution in [1.29, 1.82) is 0 Å². The Bertz CT molecular complexity index is 1150. The van der Waals surface area contributed by atoms with Crippen LogP contribution in [0.3, 0.4) is 0 Å². The first-order valence-corrected chi connectivity index (χ1v) is 11.8. The fourth-order valence-corrected chi connectivity index (χ4v) is 5.36. The summed E-state index contributed by atoms with van der Waals surface area (Å²) in [6.45, 7) is 1.58. The van der Waals surface area contributed by atoms with Crippen molar-refractivity contribution in [2.45, 2.75) is 49.6 Å². The highest BCUT2D eigenvalue weighted by Gasteiger charge is 2.25. The molecule has 1 aliphatic rings. The molecular formula is C24H26N2O3S. The second-order valence-corrected chi connectivity index (χ2v) is 9.67. The van der Waals surface area contributed by atoms with Gasteiger partial charge in [0.1, 0.15) is 0 Å². The number of Topliss-reactive ketones (excluding diaryl/α,β-unsaturated/α-hetero) is 1. The zero-order valence-electron chi connectivity index (χ0n) is 17.0. The maximum absolute atomic E-state index is 12.5. The highest BCUT2D eigenvalue weighted by atomic mass is 32.2. The topological polar surface area (TPSA) is 75.3 Å². The summed E-state index contributed by atoms with van der Waals surface area (Å²) in [5, 5.41) is 5.72. The first-order chi connectivity index (χ1) is 14.4. The molecule has 156 valence electrons. The molecule has 0 heterocycles. The van der Waals surface area contributed by atoms with Crippen LogP contribution in [-0.4, -0.2) is 26.3 Å². The summed E-state index contributed by atoms with van der Waals surface area (Å²) in [5.74, 6) is 0.0683. The SMILES string of the molecule is CC(=O)c1ccc2cc(NC3CCC(NS(=O)(=O)c4ccccc4)CC3)ccc2c1. The molecule has 2 N–H and O–H groups in total. The second-order valence-electron chi connectivity index (χ2n) is 7.96. The first kappa shape index (κ1) is 20.6. The number of anilines is 1. The van der Waals surface area contributed by atoms with E-state index in [0.29, 0.717) is 10.9 Å². The van der Waals surface area contributed by atoms with E-state index in [9.17, 15) is 13.2 Å². The van der Waals surface area contributed by atoms with Gasteiger partial charge in [0.05, 0.1) is 4.90 Å². The molecule has 0 radical (unpaired) electrons. The molecule has 0 atom stereocenters. The number of hydrogen-bond donors (Lipinski definition) is 2. The molecule has 0 aliphatic heterocycles. The summed E-state index contributed by atoms with van der Waals surface area (Å²) < 4.78 is 27.9. The van der Waals surface area contributed by atoms with Crippen molar-refractivity contribution in [1.82, 2.24) is 4.72 Å². The lowest BCUT2D eigenvalue weighted by molar-refractivity contribution is 0.101. The van der Waals surface area contributed by atoms with E-state index in [2.05, 4.69) is 16.1 Å². The normalized spacial score (nSPS) is 19.5. The number of fused-ring (bicyclic) bond motifs is 1. The van der Waals surface area contributed by atoms with E-state index >= 15 is 0 Å². The third kappa shape index (κ3) is 4.71. The quantitative estimate of drug-likeness (QED) is 0.563. The van der Waals surface area contributed by atoms with Crippen LogP contribution >= 0.6 is 0 Å². The van der Waals surface area contributed by atoms with Gasteiger partial charge in [0.2, 0.25) is 10.0 Å². The monoisotopic (exact) mass is 422 g/mol. The number of hydrogen-bond acceptors (Lipinski definition) is 4. The minimum atomic E-state index is -3.46. The number of ketones is 1. The molecule has 1 aliphatic carbocycles. The number of carbonyl (C=O) groups excluding carboxylic acids is 1. The Morgan fingerprint density at radius 3 is 2.17 bits per heavy atom. The van der Waals surface area contributed by atoms with Crippen molar-refractivity contribution in [3.05, 3.63) is 72.3 Å². The zero-order chi connectivity index (χ0) is 21.1. The van der Waals surface area contributed by atoms with Gasteiger partial charge in [-0.3, -0.25) is 4.79 Å². The second kappa shape index (κ2) is 8.58. The molecule has 1 saturated carbocycles. The molecule has 0 spiro atoms. The summed E-state index contributed by atoms with van der Waals surface area (Å²) in [7, 11) is -3.46. The number of carbonyl (C=O) groups is 1. The standard InChI is InChI=1S/C24H26N2O3S/c1-17(27)18-7-8-20-16-23(10-9-19(20)15-18)25-21-11-13-22(14-12-21)26-30(28,29)24-5-3-2-4-6-24/h2-10,15-16,21-22,25-26H,11-14H2,1H3. The van der Waals surface area contributed by atoms with Gasteiger partial charge in [-0.05, 0) is 73.7 Å². The Balaban J connectivity index is 1.35. The van der Waals surface area contributed by atoms with Crippen molar-refractivity contribution in [3.8, 4) is 0 Å². The van der Waals surface area contributed by atoms with Gasteiger partial charge >= 0.3 is 0 Å². The zero-order valence-corrected chi connectivity index (χ0v) is 17.8. The molecular weight excluding hydrogens is 396 g/mol. The van der Waals surface area contributed by atoms with Crippen LogP contribution in [0, 0.1) is 0 Å². The minimum Gasteiger partial charge on any atom is -0.382 e. The van der Waals surface area contributed by atoms with Crippen LogP contribution in [0.4, 0.5) is 5.69 Å². The third-order valence-electron chi connectivity index (χ3n) is 5.72. The van der Waals surface area contributed by atoms with Gasteiger partial charge in [-0.15, -0.1) is 0 Å². The van der Waals surface area contributed by atoms with Gasteiger partial charge in [0.25, 0.3) is 0 Å². The van der Waals surface area contributed by atoms with Crippen LogP contribution in [-0.2, 0) is 10.0 Å². The van der Waals surface area contributed by atoms with Crippen molar-refractivity contribution < 1.29 is 13.2 Å². The molecule has 0 amide bonds. The molecule has 0 aromatic heterocycles. The summed E-state index contributed by atoms with van der Waals surface area (Å²) in [4.78, 5) is 11.9. The van der Waals surface area contributed by atoms with Crippen LogP contribution < -0.4 is 10.0 Å². The lowest BCUT2D eigenvalue weighted by Crippen LogP contribution is -2.40. The molecule has 0 unspecified atom stereocenters. The van der Waals surface area contributed by atoms with Gasteiger partial charge in [0, 0.05) is 23.3 Å². The van der Waals surface area contributed by atoms with Crippen molar-refractivity contribution in [2.75, 3.05) is 5.32 Å². The lowest BCUT2D eigenvalue weighted by Gasteiger charge is -2.30. The smallest absolute Gasteiger partial charge is 0.240 e. The van der Waals surface area contributed by atoms with E-state index in [1.807, 2.05) is 36.4 Å². The van der Waals surface area contributed by atoms with Crippen LogP contribution in [0.1, 0.15) is 43.0 Å². The van der Waals surface area contributed by atoms with E-state index in [4.69, 9.17) is 0 Å². The molecule has 3 aromatic rings. The first-order valence-electron chi connectivity index (χ1n) is 10.3. The van der Waals surface area contributed by atoms with Crippen molar-refractivity contribution in [3.63, 3.8) is 0 Å². The van der Waals surface area contributed by atoms with Crippen LogP contribution in [0.2, 0.25) is 0 Å². The number of benzene rings is 3.